The fraction of sp³-hybridized carbons (Fsp3) is 0.654. The largest absolute Gasteiger partial charge is 0.368 e. The summed E-state index contributed by atoms with van der Waals surface area (Å²) < 4.78 is 0. The number of likely N-dealkylation sites (N-methyl/N-ethyl adjacent to an activating group) is 7. The number of nitrogens with two attached hydrogens (primary N) is 1. The first-order valence-electron chi connectivity index (χ1n) is 13.7. The molecule has 0 aliphatic carbocycles. The van der Waals surface area contributed by atoms with Gasteiger partial charge >= 0.3 is 0 Å². The first-order chi connectivity index (χ1) is 20.9. The molecule has 19 nitrogen and oxygen atoms in total. The maximum absolute atomic E-state index is 12.2. The Hall–Kier alpha value is -4.81. The van der Waals surface area contributed by atoms with Gasteiger partial charge in [0.15, 0.2) is 0 Å². The molecule has 0 saturated carbocycles. The van der Waals surface area contributed by atoms with Crippen molar-refractivity contribution in [3.63, 3.8) is 0 Å². The number of hydrogen-bond donors (Lipinski definition) is 4. The number of carbonyl (C=O) groups excluding carboxylic acids is 9. The van der Waals surface area contributed by atoms with E-state index in [4.69, 9.17) is 5.73 Å². The Morgan fingerprint density at radius 2 is 0.933 bits per heavy atom. The summed E-state index contributed by atoms with van der Waals surface area (Å²) in [7, 11) is 10.5. The van der Waals surface area contributed by atoms with Gasteiger partial charge in [-0.25, -0.2) is 0 Å². The molecular weight excluding hydrogens is 596 g/mol. The lowest BCUT2D eigenvalue weighted by Crippen LogP contribution is -2.48. The summed E-state index contributed by atoms with van der Waals surface area (Å²) in [6, 6.07) is 0. The molecule has 0 heterocycles. The normalized spacial score (nSPS) is 9.78. The van der Waals surface area contributed by atoms with E-state index in [9.17, 15) is 43.2 Å². The smallest absolute Gasteiger partial charge is 0.242 e. The van der Waals surface area contributed by atoms with E-state index in [-0.39, 0.29) is 64.2 Å². The van der Waals surface area contributed by atoms with Crippen LogP contribution in [-0.4, -0.2) is 191 Å². The van der Waals surface area contributed by atoms with Crippen LogP contribution in [0.5, 0.6) is 0 Å². The standard InChI is InChI=1S/C17H29N7O7.C9H19N3O2/c1-21(11-25)7-13(27)20-6-15(29)23(3)9-17(31)24(4)10-16(30)22(2)8-14(28)19-5-12(18)26;1-5-11(3)9(14)7-12(4)8(13)6-10-2/h11H,5-10H2,1-4H3,(H2,18,26)(H,19,28)(H,20,27);10H,5-7H2,1-4H3. The minimum atomic E-state index is -0.723. The molecule has 0 spiro atoms. The van der Waals surface area contributed by atoms with Gasteiger partial charge in [-0.1, -0.05) is 0 Å². The average Bonchev–Trinajstić information content (AvgIpc) is 2.98. The van der Waals surface area contributed by atoms with E-state index in [1.807, 2.05) is 6.92 Å². The van der Waals surface area contributed by atoms with Crippen molar-refractivity contribution in [3.8, 4) is 0 Å². The van der Waals surface area contributed by atoms with Crippen molar-refractivity contribution in [1.82, 2.24) is 45.3 Å². The Morgan fingerprint density at radius 3 is 1.36 bits per heavy atom. The highest BCUT2D eigenvalue weighted by Crippen LogP contribution is 1.94. The molecule has 0 radical (unpaired) electrons. The topological polar surface area (TPSA) is 235 Å². The SMILES string of the molecule is CCN(C)C(=O)CN(C)C(=O)CNC.CN(C=O)CC(=O)NCC(=O)N(C)CC(=O)N(C)CC(=O)N(C)CC(=O)NCC(N)=O. The molecule has 9 amide bonds. The number of nitrogens with zero attached hydrogens (tertiary/aromatic N) is 6. The molecule has 0 fully saturated rings. The van der Waals surface area contributed by atoms with Gasteiger partial charge in [-0.3, -0.25) is 43.2 Å². The number of rotatable bonds is 18. The van der Waals surface area contributed by atoms with Crippen molar-refractivity contribution in [2.45, 2.75) is 6.92 Å². The molecule has 0 rings (SSSR count). The van der Waals surface area contributed by atoms with Crippen LogP contribution in [0.1, 0.15) is 6.92 Å². The van der Waals surface area contributed by atoms with E-state index in [1.54, 1.807) is 26.0 Å². The van der Waals surface area contributed by atoms with Crippen molar-refractivity contribution >= 4 is 53.7 Å². The van der Waals surface area contributed by atoms with Gasteiger partial charge < -0.3 is 51.1 Å². The molecule has 0 aliphatic rings. The average molecular weight is 645 g/mol. The minimum absolute atomic E-state index is 0.0422. The summed E-state index contributed by atoms with van der Waals surface area (Å²) in [5, 5.41) is 7.31. The van der Waals surface area contributed by atoms with Gasteiger partial charge in [-0.2, -0.15) is 0 Å². The number of carbonyl (C=O) groups is 9. The maximum atomic E-state index is 12.2. The van der Waals surface area contributed by atoms with Crippen molar-refractivity contribution in [3.05, 3.63) is 0 Å². The van der Waals surface area contributed by atoms with Crippen LogP contribution in [0.4, 0.5) is 0 Å². The third-order valence-electron chi connectivity index (χ3n) is 5.90. The lowest BCUT2D eigenvalue weighted by Gasteiger charge is -2.24. The number of amides is 9. The predicted molar refractivity (Wildman–Crippen MR) is 162 cm³/mol. The van der Waals surface area contributed by atoms with Gasteiger partial charge in [0.25, 0.3) is 0 Å². The first kappa shape index (κ1) is 42.3. The highest BCUT2D eigenvalue weighted by molar-refractivity contribution is 5.92. The third-order valence-corrected chi connectivity index (χ3v) is 5.90. The second kappa shape index (κ2) is 22.7. The Bertz CT molecular complexity index is 1060. The summed E-state index contributed by atoms with van der Waals surface area (Å²) in [5.74, 6) is -3.58. The Balaban J connectivity index is 0. The molecule has 0 atom stereocenters. The monoisotopic (exact) mass is 644 g/mol. The van der Waals surface area contributed by atoms with E-state index >= 15 is 0 Å². The lowest BCUT2D eigenvalue weighted by molar-refractivity contribution is -0.142. The van der Waals surface area contributed by atoms with Crippen molar-refractivity contribution in [1.29, 1.82) is 0 Å². The summed E-state index contributed by atoms with van der Waals surface area (Å²) in [4.78, 5) is 111. The van der Waals surface area contributed by atoms with Gasteiger partial charge in [0, 0.05) is 48.8 Å². The van der Waals surface area contributed by atoms with E-state index in [2.05, 4.69) is 16.0 Å². The zero-order chi connectivity index (χ0) is 35.3. The first-order valence-corrected chi connectivity index (χ1v) is 13.7. The van der Waals surface area contributed by atoms with Crippen LogP contribution >= 0.6 is 0 Å². The van der Waals surface area contributed by atoms with Gasteiger partial charge in [-0.15, -0.1) is 0 Å². The summed E-state index contributed by atoms with van der Waals surface area (Å²) in [6.45, 7) is 1.04. The molecule has 0 aromatic rings. The summed E-state index contributed by atoms with van der Waals surface area (Å²) >= 11 is 0. The summed E-state index contributed by atoms with van der Waals surface area (Å²) in [6.07, 6.45) is 0.467. The van der Waals surface area contributed by atoms with Crippen molar-refractivity contribution < 1.29 is 43.2 Å². The molecule has 0 bridgehead atoms. The Kier molecular flexibility index (Phi) is 21.3. The van der Waals surface area contributed by atoms with Crippen LogP contribution in [0, 0.1) is 0 Å². The molecule has 0 aromatic heterocycles. The number of hydrogen-bond acceptors (Lipinski definition) is 10. The molecule has 256 valence electrons. The van der Waals surface area contributed by atoms with Crippen LogP contribution in [0.15, 0.2) is 0 Å². The Labute approximate surface area is 263 Å². The van der Waals surface area contributed by atoms with Crippen LogP contribution in [0.25, 0.3) is 0 Å². The van der Waals surface area contributed by atoms with E-state index in [0.717, 1.165) is 19.6 Å². The second-order valence-electron chi connectivity index (χ2n) is 9.98. The molecule has 19 heteroatoms. The third kappa shape index (κ3) is 19.9. The van der Waals surface area contributed by atoms with E-state index in [0.29, 0.717) is 13.0 Å². The molecule has 0 unspecified atom stereocenters. The second-order valence-corrected chi connectivity index (χ2v) is 9.98. The van der Waals surface area contributed by atoms with Crippen LogP contribution in [-0.2, 0) is 43.2 Å². The molecular formula is C26H48N10O9. The fourth-order valence-electron chi connectivity index (χ4n) is 2.87. The fourth-order valence-corrected chi connectivity index (χ4v) is 2.87. The van der Waals surface area contributed by atoms with Gasteiger partial charge in [0.2, 0.25) is 53.7 Å². The van der Waals surface area contributed by atoms with Gasteiger partial charge in [-0.05, 0) is 14.0 Å². The maximum Gasteiger partial charge on any atom is 0.242 e. The molecule has 45 heavy (non-hydrogen) atoms. The van der Waals surface area contributed by atoms with Crippen LogP contribution < -0.4 is 21.7 Å². The van der Waals surface area contributed by atoms with Gasteiger partial charge in [0.05, 0.1) is 52.4 Å². The van der Waals surface area contributed by atoms with Crippen LogP contribution in [0.2, 0.25) is 0 Å². The highest BCUT2D eigenvalue weighted by Gasteiger charge is 2.21. The number of primary amides is 1. The molecule has 0 aromatic carbocycles. The molecule has 0 aliphatic heterocycles. The Morgan fingerprint density at radius 1 is 0.556 bits per heavy atom. The van der Waals surface area contributed by atoms with E-state index in [1.165, 1.54) is 33.1 Å². The predicted octanol–water partition coefficient (Wildman–Crippen LogP) is -5.69. The minimum Gasteiger partial charge on any atom is -0.368 e. The lowest BCUT2D eigenvalue weighted by atomic mass is 10.4. The van der Waals surface area contributed by atoms with Crippen LogP contribution in [0.3, 0.4) is 0 Å². The van der Waals surface area contributed by atoms with Gasteiger partial charge in [0.1, 0.15) is 0 Å². The number of nitrogens with one attached hydrogen (secondary N) is 3. The summed E-state index contributed by atoms with van der Waals surface area (Å²) in [5.41, 5.74) is 4.91. The molecule has 0 saturated heterocycles. The van der Waals surface area contributed by atoms with E-state index < -0.39 is 35.4 Å². The zero-order valence-corrected chi connectivity index (χ0v) is 27.4. The zero-order valence-electron chi connectivity index (χ0n) is 27.4. The molecule has 5 N–H and O–H groups in total. The van der Waals surface area contributed by atoms with Crippen molar-refractivity contribution in [2.75, 3.05) is 108 Å². The quantitative estimate of drug-likeness (QED) is 0.103. The van der Waals surface area contributed by atoms with Crippen molar-refractivity contribution in [2.24, 2.45) is 5.73 Å². The highest BCUT2D eigenvalue weighted by atomic mass is 16.2.